The Bertz CT molecular complexity index is 611. The van der Waals surface area contributed by atoms with Crippen molar-refractivity contribution in [2.75, 3.05) is 6.61 Å². The van der Waals surface area contributed by atoms with Gasteiger partial charge in [-0.1, -0.05) is 30.3 Å². The molecule has 2 aromatic carbocycles. The quantitative estimate of drug-likeness (QED) is 0.787. The number of aryl methyl sites for hydroxylation is 1. The molecule has 21 heavy (non-hydrogen) atoms. The SMILES string of the molecule is Cc1cc(O)ccc1C(=O)N[C@@H](CO)Cc1ccccc1. The zero-order valence-electron chi connectivity index (χ0n) is 11.9. The van der Waals surface area contributed by atoms with Crippen molar-refractivity contribution in [3.63, 3.8) is 0 Å². The van der Waals surface area contributed by atoms with E-state index in [2.05, 4.69) is 5.32 Å². The van der Waals surface area contributed by atoms with E-state index in [-0.39, 0.29) is 24.3 Å². The highest BCUT2D eigenvalue weighted by molar-refractivity contribution is 5.96. The second-order valence-electron chi connectivity index (χ2n) is 5.04. The van der Waals surface area contributed by atoms with Crippen molar-refractivity contribution in [3.8, 4) is 5.75 Å². The Balaban J connectivity index is 2.06. The van der Waals surface area contributed by atoms with Gasteiger partial charge in [0.05, 0.1) is 12.6 Å². The van der Waals surface area contributed by atoms with Gasteiger partial charge in [0.25, 0.3) is 5.91 Å². The summed E-state index contributed by atoms with van der Waals surface area (Å²) in [6, 6.07) is 14.0. The number of phenols is 1. The molecule has 1 atom stereocenters. The van der Waals surface area contributed by atoms with Crippen molar-refractivity contribution in [1.82, 2.24) is 5.32 Å². The van der Waals surface area contributed by atoms with Crippen LogP contribution in [0.4, 0.5) is 0 Å². The Hall–Kier alpha value is -2.33. The molecule has 0 unspecified atom stereocenters. The average molecular weight is 285 g/mol. The standard InChI is InChI=1S/C17H19NO3/c1-12-9-15(20)7-8-16(12)17(21)18-14(11-19)10-13-5-3-2-4-6-13/h2-9,14,19-20H,10-11H2,1H3,(H,18,21)/t14-/m1/s1. The van der Waals surface area contributed by atoms with Crippen molar-refractivity contribution in [2.24, 2.45) is 0 Å². The fraction of sp³-hybridized carbons (Fsp3) is 0.235. The molecule has 4 nitrogen and oxygen atoms in total. The van der Waals surface area contributed by atoms with E-state index >= 15 is 0 Å². The van der Waals surface area contributed by atoms with Crippen LogP contribution in [0, 0.1) is 6.92 Å². The molecule has 1 amide bonds. The van der Waals surface area contributed by atoms with E-state index in [1.54, 1.807) is 19.1 Å². The van der Waals surface area contributed by atoms with Crippen LogP contribution in [0.5, 0.6) is 5.75 Å². The lowest BCUT2D eigenvalue weighted by atomic mass is 10.0. The second-order valence-corrected chi connectivity index (χ2v) is 5.04. The van der Waals surface area contributed by atoms with E-state index in [0.29, 0.717) is 17.5 Å². The van der Waals surface area contributed by atoms with Crippen LogP contribution in [0.15, 0.2) is 48.5 Å². The number of aliphatic hydroxyl groups excluding tert-OH is 1. The van der Waals surface area contributed by atoms with Crippen LogP contribution in [0.3, 0.4) is 0 Å². The Labute approximate surface area is 124 Å². The summed E-state index contributed by atoms with van der Waals surface area (Å²) in [5.41, 5.74) is 2.25. The highest BCUT2D eigenvalue weighted by atomic mass is 16.3. The van der Waals surface area contributed by atoms with E-state index < -0.39 is 0 Å². The third-order valence-corrected chi connectivity index (χ3v) is 3.34. The van der Waals surface area contributed by atoms with Gasteiger partial charge in [0.2, 0.25) is 0 Å². The fourth-order valence-electron chi connectivity index (χ4n) is 2.23. The van der Waals surface area contributed by atoms with Crippen LogP contribution in [0.2, 0.25) is 0 Å². The van der Waals surface area contributed by atoms with Crippen molar-refractivity contribution in [1.29, 1.82) is 0 Å². The zero-order chi connectivity index (χ0) is 15.2. The molecule has 2 aromatic rings. The molecule has 0 radical (unpaired) electrons. The number of amides is 1. The van der Waals surface area contributed by atoms with E-state index in [1.807, 2.05) is 30.3 Å². The van der Waals surface area contributed by atoms with Gasteiger partial charge in [-0.25, -0.2) is 0 Å². The highest BCUT2D eigenvalue weighted by Gasteiger charge is 2.15. The van der Waals surface area contributed by atoms with Crippen molar-refractivity contribution in [2.45, 2.75) is 19.4 Å². The Morgan fingerprint density at radius 2 is 1.90 bits per heavy atom. The number of aromatic hydroxyl groups is 1. The van der Waals surface area contributed by atoms with Crippen LogP contribution in [-0.4, -0.2) is 28.8 Å². The fourth-order valence-corrected chi connectivity index (χ4v) is 2.23. The van der Waals surface area contributed by atoms with Crippen molar-refractivity contribution >= 4 is 5.91 Å². The number of rotatable bonds is 5. The van der Waals surface area contributed by atoms with Crippen LogP contribution in [0.1, 0.15) is 21.5 Å². The van der Waals surface area contributed by atoms with Crippen LogP contribution >= 0.6 is 0 Å². The molecule has 0 aliphatic heterocycles. The zero-order valence-corrected chi connectivity index (χ0v) is 11.9. The topological polar surface area (TPSA) is 69.6 Å². The highest BCUT2D eigenvalue weighted by Crippen LogP contribution is 2.16. The first-order valence-electron chi connectivity index (χ1n) is 6.85. The number of benzene rings is 2. The molecular weight excluding hydrogens is 266 g/mol. The summed E-state index contributed by atoms with van der Waals surface area (Å²) in [7, 11) is 0. The lowest BCUT2D eigenvalue weighted by molar-refractivity contribution is 0.0916. The molecule has 0 heterocycles. The van der Waals surface area contributed by atoms with Gasteiger partial charge in [-0.3, -0.25) is 4.79 Å². The minimum Gasteiger partial charge on any atom is -0.508 e. The van der Waals surface area contributed by atoms with Crippen LogP contribution in [0.25, 0.3) is 0 Å². The van der Waals surface area contributed by atoms with E-state index in [9.17, 15) is 15.0 Å². The lowest BCUT2D eigenvalue weighted by Crippen LogP contribution is -2.39. The summed E-state index contributed by atoms with van der Waals surface area (Å²) in [6.45, 7) is 1.64. The normalized spacial score (nSPS) is 11.9. The molecule has 0 saturated carbocycles. The predicted molar refractivity (Wildman–Crippen MR) is 81.3 cm³/mol. The first-order chi connectivity index (χ1) is 10.1. The smallest absolute Gasteiger partial charge is 0.251 e. The molecule has 0 aliphatic carbocycles. The van der Waals surface area contributed by atoms with Gasteiger partial charge in [-0.2, -0.15) is 0 Å². The molecule has 4 heteroatoms. The first kappa shape index (κ1) is 15.1. The molecule has 2 rings (SSSR count). The van der Waals surface area contributed by atoms with E-state index in [0.717, 1.165) is 5.56 Å². The molecule has 0 spiro atoms. The van der Waals surface area contributed by atoms with Crippen LogP contribution in [-0.2, 0) is 6.42 Å². The summed E-state index contributed by atoms with van der Waals surface area (Å²) >= 11 is 0. The minimum absolute atomic E-state index is 0.127. The van der Waals surface area contributed by atoms with Gasteiger partial charge in [0, 0.05) is 5.56 Å². The van der Waals surface area contributed by atoms with Gasteiger partial charge in [0.1, 0.15) is 5.75 Å². The predicted octanol–water partition coefficient (Wildman–Crippen LogP) is 2.03. The average Bonchev–Trinajstić information content (AvgIpc) is 2.47. The number of hydrogen-bond acceptors (Lipinski definition) is 3. The van der Waals surface area contributed by atoms with Crippen molar-refractivity contribution < 1.29 is 15.0 Å². The molecule has 0 aromatic heterocycles. The molecule has 0 bridgehead atoms. The number of carbonyl (C=O) groups is 1. The number of aliphatic hydroxyl groups is 1. The Kier molecular flexibility index (Phi) is 4.95. The maximum absolute atomic E-state index is 12.2. The number of hydrogen-bond donors (Lipinski definition) is 3. The first-order valence-corrected chi connectivity index (χ1v) is 6.85. The summed E-state index contributed by atoms with van der Waals surface area (Å²) in [6.07, 6.45) is 0.570. The molecule has 3 N–H and O–H groups in total. The number of phenolic OH excluding ortho intramolecular Hbond substituents is 1. The third kappa shape index (κ3) is 4.07. The molecule has 110 valence electrons. The maximum atomic E-state index is 12.2. The van der Waals surface area contributed by atoms with Gasteiger partial charge in [-0.15, -0.1) is 0 Å². The largest absolute Gasteiger partial charge is 0.508 e. The maximum Gasteiger partial charge on any atom is 0.251 e. The monoisotopic (exact) mass is 285 g/mol. The number of carbonyl (C=O) groups excluding carboxylic acids is 1. The molecule has 0 saturated heterocycles. The molecular formula is C17H19NO3. The summed E-state index contributed by atoms with van der Waals surface area (Å²) in [5, 5.41) is 21.6. The Morgan fingerprint density at radius 3 is 2.52 bits per heavy atom. The third-order valence-electron chi connectivity index (χ3n) is 3.34. The molecule has 0 fully saturated rings. The number of nitrogens with one attached hydrogen (secondary N) is 1. The van der Waals surface area contributed by atoms with Crippen molar-refractivity contribution in [3.05, 3.63) is 65.2 Å². The van der Waals surface area contributed by atoms with Gasteiger partial charge < -0.3 is 15.5 Å². The van der Waals surface area contributed by atoms with Gasteiger partial charge >= 0.3 is 0 Å². The lowest BCUT2D eigenvalue weighted by Gasteiger charge is -2.17. The second kappa shape index (κ2) is 6.90. The summed E-state index contributed by atoms with van der Waals surface area (Å²) < 4.78 is 0. The van der Waals surface area contributed by atoms with Crippen LogP contribution < -0.4 is 5.32 Å². The minimum atomic E-state index is -0.340. The molecule has 0 aliphatic rings. The van der Waals surface area contributed by atoms with Gasteiger partial charge in [-0.05, 0) is 42.7 Å². The Morgan fingerprint density at radius 1 is 1.19 bits per heavy atom. The van der Waals surface area contributed by atoms with E-state index in [4.69, 9.17) is 0 Å². The van der Waals surface area contributed by atoms with Gasteiger partial charge in [0.15, 0.2) is 0 Å². The van der Waals surface area contributed by atoms with E-state index in [1.165, 1.54) is 6.07 Å². The summed E-state index contributed by atoms with van der Waals surface area (Å²) in [5.74, 6) is -0.116. The summed E-state index contributed by atoms with van der Waals surface area (Å²) in [4.78, 5) is 12.2.